The largest absolute Gasteiger partial charge is 0.390 e. The topological polar surface area (TPSA) is 141 Å². The lowest BCUT2D eigenvalue weighted by atomic mass is 9.96. The van der Waals surface area contributed by atoms with E-state index in [1.165, 1.54) is 6.92 Å². The smallest absolute Gasteiger partial charge is 0.264 e. The van der Waals surface area contributed by atoms with Crippen LogP contribution < -0.4 is 16.6 Å². The molecular formula is C33H48N6O5. The number of amides is 3. The predicted molar refractivity (Wildman–Crippen MR) is 169 cm³/mol. The van der Waals surface area contributed by atoms with Crippen LogP contribution in [0.15, 0.2) is 35.1 Å². The Morgan fingerprint density at radius 2 is 1.82 bits per heavy atom. The zero-order valence-corrected chi connectivity index (χ0v) is 26.3. The first-order valence-corrected chi connectivity index (χ1v) is 16.2. The summed E-state index contributed by atoms with van der Waals surface area (Å²) in [6.45, 7) is 8.77. The van der Waals surface area contributed by atoms with Gasteiger partial charge in [-0.25, -0.2) is 0 Å². The van der Waals surface area contributed by atoms with Gasteiger partial charge in [0, 0.05) is 63.8 Å². The summed E-state index contributed by atoms with van der Waals surface area (Å²) >= 11 is 0. The van der Waals surface area contributed by atoms with Gasteiger partial charge in [0.25, 0.3) is 11.5 Å². The van der Waals surface area contributed by atoms with E-state index in [2.05, 4.69) is 15.1 Å². The number of piperidine rings is 2. The van der Waals surface area contributed by atoms with Gasteiger partial charge in [0.05, 0.1) is 17.5 Å². The van der Waals surface area contributed by atoms with Gasteiger partial charge in [-0.3, -0.25) is 24.1 Å². The summed E-state index contributed by atoms with van der Waals surface area (Å²) in [6.07, 6.45) is 4.53. The number of likely N-dealkylation sites (tertiary alicyclic amines) is 1. The number of nitrogens with zero attached hydrogens (tertiary/aromatic N) is 4. The minimum atomic E-state index is -0.694. The lowest BCUT2D eigenvalue weighted by Crippen LogP contribution is -2.54. The first kappa shape index (κ1) is 32.1. The molecule has 3 fully saturated rings. The van der Waals surface area contributed by atoms with Crippen molar-refractivity contribution in [3.63, 3.8) is 0 Å². The number of hydrogen-bond donors (Lipinski definition) is 3. The summed E-state index contributed by atoms with van der Waals surface area (Å²) in [5.74, 6) is -0.827. The summed E-state index contributed by atoms with van der Waals surface area (Å²) in [6, 6.07) is 9.67. The number of primary amides is 1. The second-order valence-electron chi connectivity index (χ2n) is 13.3. The quantitative estimate of drug-likeness (QED) is 0.353. The van der Waals surface area contributed by atoms with Gasteiger partial charge in [-0.1, -0.05) is 18.2 Å². The molecule has 3 aliphatic heterocycles. The van der Waals surface area contributed by atoms with Crippen LogP contribution in [-0.2, 0) is 9.59 Å². The molecule has 0 spiro atoms. The van der Waals surface area contributed by atoms with Gasteiger partial charge >= 0.3 is 0 Å². The Hall–Kier alpha value is -3.28. The van der Waals surface area contributed by atoms with Crippen molar-refractivity contribution in [1.82, 2.24) is 24.6 Å². The van der Waals surface area contributed by atoms with Gasteiger partial charge in [0.15, 0.2) is 0 Å². The molecule has 1 aromatic carbocycles. The normalized spacial score (nSPS) is 24.8. The average Bonchev–Trinajstić information content (AvgIpc) is 3.20. The SMILES string of the molecule is CC(=O)N(CCN1CCC[C@@H](C(N)=O)C1)CC(O)CN1[C@@H]2CC[C@@H]1CC(NC(=O)c1cc3ccccc3n(C(C)C)c1=O)C2. The third kappa shape index (κ3) is 7.16. The number of pyridine rings is 1. The molecule has 11 nitrogen and oxygen atoms in total. The van der Waals surface area contributed by atoms with Gasteiger partial charge in [-0.15, -0.1) is 0 Å². The number of para-hydroxylation sites is 1. The maximum Gasteiger partial charge on any atom is 0.264 e. The number of nitrogens with two attached hydrogens (primary N) is 1. The van der Waals surface area contributed by atoms with E-state index in [0.29, 0.717) is 26.2 Å². The van der Waals surface area contributed by atoms with E-state index in [1.54, 1.807) is 15.5 Å². The molecule has 11 heteroatoms. The Bertz CT molecular complexity index is 1410. The minimum absolute atomic E-state index is 0.0470. The van der Waals surface area contributed by atoms with Crippen molar-refractivity contribution < 1.29 is 19.5 Å². The number of carbonyl (C=O) groups is 3. The molecule has 4 heterocycles. The third-order valence-electron chi connectivity index (χ3n) is 9.82. The molecule has 0 saturated carbocycles. The van der Waals surface area contributed by atoms with Crippen LogP contribution in [-0.4, -0.2) is 106 Å². The fourth-order valence-corrected chi connectivity index (χ4v) is 7.60. The molecule has 44 heavy (non-hydrogen) atoms. The first-order valence-electron chi connectivity index (χ1n) is 16.2. The van der Waals surface area contributed by atoms with Crippen molar-refractivity contribution >= 4 is 28.6 Å². The number of benzene rings is 1. The van der Waals surface area contributed by atoms with E-state index in [-0.39, 0.29) is 65.5 Å². The number of aromatic nitrogens is 1. The highest BCUT2D eigenvalue weighted by atomic mass is 16.3. The summed E-state index contributed by atoms with van der Waals surface area (Å²) in [7, 11) is 0. The number of aliphatic hydroxyl groups is 1. The van der Waals surface area contributed by atoms with Crippen molar-refractivity contribution in [1.29, 1.82) is 0 Å². The average molecular weight is 609 g/mol. The zero-order valence-electron chi connectivity index (χ0n) is 26.3. The molecule has 1 aromatic heterocycles. The van der Waals surface area contributed by atoms with Gasteiger partial charge in [0.1, 0.15) is 5.56 Å². The van der Waals surface area contributed by atoms with Gasteiger partial charge < -0.3 is 30.5 Å². The minimum Gasteiger partial charge on any atom is -0.390 e. The maximum absolute atomic E-state index is 13.4. The first-order chi connectivity index (χ1) is 21.0. The van der Waals surface area contributed by atoms with Gasteiger partial charge in [-0.2, -0.15) is 0 Å². The zero-order chi connectivity index (χ0) is 31.5. The van der Waals surface area contributed by atoms with Crippen LogP contribution in [0.2, 0.25) is 0 Å². The molecular weight excluding hydrogens is 560 g/mol. The van der Waals surface area contributed by atoms with Crippen molar-refractivity contribution in [2.75, 3.05) is 39.3 Å². The molecule has 0 radical (unpaired) electrons. The molecule has 4 N–H and O–H groups in total. The summed E-state index contributed by atoms with van der Waals surface area (Å²) < 4.78 is 1.69. The Kier molecular flexibility index (Phi) is 10.1. The highest BCUT2D eigenvalue weighted by molar-refractivity contribution is 5.97. The predicted octanol–water partition coefficient (Wildman–Crippen LogP) is 1.71. The Morgan fingerprint density at radius 3 is 2.48 bits per heavy atom. The molecule has 240 valence electrons. The number of carbonyl (C=O) groups excluding carboxylic acids is 3. The van der Waals surface area contributed by atoms with Gasteiger partial charge in [0.2, 0.25) is 11.8 Å². The number of rotatable bonds is 11. The molecule has 2 aromatic rings. The number of nitrogens with one attached hydrogen (secondary N) is 1. The second-order valence-corrected chi connectivity index (χ2v) is 13.3. The van der Waals surface area contributed by atoms with Crippen molar-refractivity contribution in [2.24, 2.45) is 11.7 Å². The maximum atomic E-state index is 13.4. The van der Waals surface area contributed by atoms with Crippen molar-refractivity contribution in [2.45, 2.75) is 89.6 Å². The lowest BCUT2D eigenvalue weighted by molar-refractivity contribution is -0.131. The molecule has 3 saturated heterocycles. The van der Waals surface area contributed by atoms with Crippen LogP contribution in [0.4, 0.5) is 0 Å². The molecule has 3 aliphatic rings. The van der Waals surface area contributed by atoms with Crippen LogP contribution >= 0.6 is 0 Å². The van der Waals surface area contributed by atoms with Crippen LogP contribution in [0.5, 0.6) is 0 Å². The molecule has 1 unspecified atom stereocenters. The second kappa shape index (κ2) is 13.8. The lowest BCUT2D eigenvalue weighted by Gasteiger charge is -2.40. The van der Waals surface area contributed by atoms with E-state index < -0.39 is 6.10 Å². The highest BCUT2D eigenvalue weighted by Crippen LogP contribution is 2.36. The fraction of sp³-hybridized carbons (Fsp3) is 0.636. The number of fused-ring (bicyclic) bond motifs is 3. The van der Waals surface area contributed by atoms with E-state index in [1.807, 2.05) is 38.1 Å². The van der Waals surface area contributed by atoms with E-state index in [0.717, 1.165) is 56.0 Å². The van der Waals surface area contributed by atoms with Crippen LogP contribution in [0, 0.1) is 5.92 Å². The molecule has 4 atom stereocenters. The fourth-order valence-electron chi connectivity index (χ4n) is 7.60. The standard InChI is InChI=1S/C33H48N6O5/c1-21(2)39-30-9-5-4-7-23(30)15-29(33(39)44)32(43)35-25-16-26-10-11-27(17-25)38(26)20-28(41)19-37(22(3)40)14-13-36-12-6-8-24(18-36)31(34)42/h4-5,7,9,15,21,24-28,41H,6,8,10-14,16-20H2,1-3H3,(H2,34,42)(H,35,43)/t24-,26-,27-,28?/m1/s1. The number of aliphatic hydroxyl groups excluding tert-OH is 1. The molecule has 5 rings (SSSR count). The Morgan fingerprint density at radius 1 is 1.11 bits per heavy atom. The summed E-state index contributed by atoms with van der Waals surface area (Å²) in [4.78, 5) is 57.0. The van der Waals surface area contributed by atoms with Crippen LogP contribution in [0.25, 0.3) is 10.9 Å². The third-order valence-corrected chi connectivity index (χ3v) is 9.82. The Balaban J connectivity index is 1.16. The van der Waals surface area contributed by atoms with Crippen LogP contribution in [0.1, 0.15) is 75.7 Å². The van der Waals surface area contributed by atoms with Gasteiger partial charge in [-0.05, 0) is 76.4 Å². The van der Waals surface area contributed by atoms with Crippen molar-refractivity contribution in [3.05, 3.63) is 46.2 Å². The van der Waals surface area contributed by atoms with Crippen LogP contribution in [0.3, 0.4) is 0 Å². The Labute approximate surface area is 259 Å². The van der Waals surface area contributed by atoms with E-state index in [4.69, 9.17) is 5.73 Å². The van der Waals surface area contributed by atoms with E-state index in [9.17, 15) is 24.3 Å². The monoisotopic (exact) mass is 608 g/mol. The summed E-state index contributed by atoms with van der Waals surface area (Å²) in [5, 5.41) is 15.1. The van der Waals surface area contributed by atoms with E-state index >= 15 is 0 Å². The summed E-state index contributed by atoms with van der Waals surface area (Å²) in [5.41, 5.74) is 6.22. The molecule has 2 bridgehead atoms. The molecule has 3 amide bonds. The number of hydrogen-bond acceptors (Lipinski definition) is 7. The highest BCUT2D eigenvalue weighted by Gasteiger charge is 2.42. The molecule has 0 aliphatic carbocycles. The van der Waals surface area contributed by atoms with Crippen molar-refractivity contribution in [3.8, 4) is 0 Å².